The molecule has 0 fully saturated rings. The Balaban J connectivity index is 2.24. The van der Waals surface area contributed by atoms with Gasteiger partial charge in [-0.3, -0.25) is 4.98 Å². The zero-order valence-electron chi connectivity index (χ0n) is 10.8. The minimum atomic E-state index is -3.29. The van der Waals surface area contributed by atoms with Gasteiger partial charge in [0.15, 0.2) is 9.84 Å². The number of aryl methyl sites for hydroxylation is 1. The molecule has 1 N–H and O–H groups in total. The van der Waals surface area contributed by atoms with Crippen molar-refractivity contribution < 1.29 is 8.42 Å². The van der Waals surface area contributed by atoms with Crippen molar-refractivity contribution in [2.75, 3.05) is 11.6 Å². The lowest BCUT2D eigenvalue weighted by atomic mass is 10.1. The Labute approximate surface area is 112 Å². The smallest absolute Gasteiger partial charge is 0.179 e. The maximum absolute atomic E-state index is 11.6. The van der Waals surface area contributed by atoms with Gasteiger partial charge in [-0.25, -0.2) is 13.4 Å². The van der Waals surface area contributed by atoms with E-state index in [4.69, 9.17) is 0 Å². The molecule has 100 valence electrons. The van der Waals surface area contributed by atoms with Gasteiger partial charge in [0.25, 0.3) is 0 Å². The second-order valence-corrected chi connectivity index (χ2v) is 6.26. The van der Waals surface area contributed by atoms with Crippen molar-refractivity contribution in [3.05, 3.63) is 47.9 Å². The van der Waals surface area contributed by atoms with E-state index in [0.29, 0.717) is 12.4 Å². The molecule has 0 radical (unpaired) electrons. The van der Waals surface area contributed by atoms with Crippen molar-refractivity contribution in [3.63, 3.8) is 0 Å². The lowest BCUT2D eigenvalue weighted by Crippen LogP contribution is -2.08. The molecule has 0 aliphatic rings. The second kappa shape index (κ2) is 5.36. The van der Waals surface area contributed by atoms with Crippen molar-refractivity contribution in [2.24, 2.45) is 0 Å². The average Bonchev–Trinajstić information content (AvgIpc) is 2.37. The van der Waals surface area contributed by atoms with E-state index in [1.807, 2.05) is 13.0 Å². The van der Waals surface area contributed by atoms with Crippen molar-refractivity contribution in [2.45, 2.75) is 18.4 Å². The van der Waals surface area contributed by atoms with Crippen LogP contribution in [-0.4, -0.2) is 24.6 Å². The predicted octanol–water partition coefficient (Wildman–Crippen LogP) is 1.80. The number of aromatic nitrogens is 2. The molecule has 0 saturated carbocycles. The normalized spacial score (nSPS) is 11.3. The minimum absolute atomic E-state index is 0.205. The first-order valence-corrected chi connectivity index (χ1v) is 7.66. The van der Waals surface area contributed by atoms with Crippen molar-refractivity contribution >= 4 is 15.7 Å². The van der Waals surface area contributed by atoms with Gasteiger partial charge in [-0.15, -0.1) is 0 Å². The predicted molar refractivity (Wildman–Crippen MR) is 73.6 cm³/mol. The van der Waals surface area contributed by atoms with Crippen molar-refractivity contribution in [3.8, 4) is 0 Å². The van der Waals surface area contributed by atoms with Gasteiger partial charge in [-0.1, -0.05) is 0 Å². The second-order valence-electron chi connectivity index (χ2n) is 4.28. The molecule has 2 aromatic heterocycles. The molecule has 0 atom stereocenters. The third-order valence-corrected chi connectivity index (χ3v) is 3.89. The van der Waals surface area contributed by atoms with Gasteiger partial charge in [-0.05, 0) is 36.2 Å². The SMILES string of the molecule is Cc1ccncc1CNc1ncccc1S(C)(=O)=O. The quantitative estimate of drug-likeness (QED) is 0.922. The largest absolute Gasteiger partial charge is 0.365 e. The monoisotopic (exact) mass is 277 g/mol. The number of sulfone groups is 1. The van der Waals surface area contributed by atoms with Gasteiger partial charge < -0.3 is 5.32 Å². The molecule has 5 nitrogen and oxygen atoms in total. The van der Waals surface area contributed by atoms with Crippen LogP contribution in [0.25, 0.3) is 0 Å². The van der Waals surface area contributed by atoms with Gasteiger partial charge in [0, 0.05) is 31.4 Å². The summed E-state index contributed by atoms with van der Waals surface area (Å²) in [6.07, 6.45) is 6.21. The standard InChI is InChI=1S/C13H15N3O2S/c1-10-5-7-14-8-11(10)9-16-13-12(19(2,17)18)4-3-6-15-13/h3-8H,9H2,1-2H3,(H,15,16). The molecular weight excluding hydrogens is 262 g/mol. The maximum atomic E-state index is 11.6. The Morgan fingerprint density at radius 1 is 1.26 bits per heavy atom. The topological polar surface area (TPSA) is 72.0 Å². The molecule has 0 bridgehead atoms. The third-order valence-electron chi connectivity index (χ3n) is 2.76. The molecule has 6 heteroatoms. The zero-order chi connectivity index (χ0) is 13.9. The molecule has 0 aliphatic heterocycles. The number of hydrogen-bond acceptors (Lipinski definition) is 5. The van der Waals surface area contributed by atoms with Crippen LogP contribution in [0.1, 0.15) is 11.1 Å². The van der Waals surface area contributed by atoms with E-state index in [0.717, 1.165) is 11.1 Å². The Kier molecular flexibility index (Phi) is 3.80. The molecule has 0 aromatic carbocycles. The Morgan fingerprint density at radius 3 is 2.74 bits per heavy atom. The fourth-order valence-corrected chi connectivity index (χ4v) is 2.49. The molecule has 19 heavy (non-hydrogen) atoms. The van der Waals surface area contributed by atoms with Gasteiger partial charge in [0.05, 0.1) is 0 Å². The van der Waals surface area contributed by atoms with E-state index in [2.05, 4.69) is 15.3 Å². The summed E-state index contributed by atoms with van der Waals surface area (Å²) in [7, 11) is -3.29. The highest BCUT2D eigenvalue weighted by Crippen LogP contribution is 2.18. The lowest BCUT2D eigenvalue weighted by molar-refractivity contribution is 0.601. The zero-order valence-corrected chi connectivity index (χ0v) is 11.6. The summed E-state index contributed by atoms with van der Waals surface area (Å²) in [6.45, 7) is 2.47. The molecule has 2 heterocycles. The van der Waals surface area contributed by atoms with E-state index < -0.39 is 9.84 Å². The minimum Gasteiger partial charge on any atom is -0.365 e. The fourth-order valence-electron chi connectivity index (χ4n) is 1.68. The molecule has 2 rings (SSSR count). The molecule has 0 saturated heterocycles. The summed E-state index contributed by atoms with van der Waals surface area (Å²) in [6, 6.07) is 5.06. The average molecular weight is 277 g/mol. The van der Waals surface area contributed by atoms with Crippen LogP contribution in [0, 0.1) is 6.92 Å². The number of nitrogens with zero attached hydrogens (tertiary/aromatic N) is 2. The number of hydrogen-bond donors (Lipinski definition) is 1. The molecule has 2 aromatic rings. The summed E-state index contributed by atoms with van der Waals surface area (Å²) < 4.78 is 23.3. The summed E-state index contributed by atoms with van der Waals surface area (Å²) in [5, 5.41) is 3.05. The van der Waals surface area contributed by atoms with Crippen LogP contribution >= 0.6 is 0 Å². The van der Waals surface area contributed by atoms with Gasteiger partial charge in [-0.2, -0.15) is 0 Å². The highest BCUT2D eigenvalue weighted by Gasteiger charge is 2.13. The summed E-state index contributed by atoms with van der Waals surface area (Å²) >= 11 is 0. The third kappa shape index (κ3) is 3.29. The molecule has 0 aliphatic carbocycles. The van der Waals surface area contributed by atoms with E-state index in [1.165, 1.54) is 6.26 Å². The fraction of sp³-hybridized carbons (Fsp3) is 0.231. The number of rotatable bonds is 4. The van der Waals surface area contributed by atoms with Crippen LogP contribution in [0.2, 0.25) is 0 Å². The molecule has 0 spiro atoms. The van der Waals surface area contributed by atoms with Crippen molar-refractivity contribution in [1.29, 1.82) is 0 Å². The number of anilines is 1. The number of nitrogens with one attached hydrogen (secondary N) is 1. The Hall–Kier alpha value is -1.95. The number of pyridine rings is 2. The Bertz CT molecular complexity index is 684. The molecule has 0 amide bonds. The maximum Gasteiger partial charge on any atom is 0.179 e. The first kappa shape index (κ1) is 13.5. The molecular formula is C13H15N3O2S. The van der Waals surface area contributed by atoms with Crippen LogP contribution < -0.4 is 5.32 Å². The van der Waals surface area contributed by atoms with Crippen LogP contribution in [0.3, 0.4) is 0 Å². The lowest BCUT2D eigenvalue weighted by Gasteiger charge is -2.10. The summed E-state index contributed by atoms with van der Waals surface area (Å²) in [5.74, 6) is 0.369. The van der Waals surface area contributed by atoms with E-state index in [9.17, 15) is 8.42 Å². The first-order chi connectivity index (χ1) is 8.98. The molecule has 0 unspecified atom stereocenters. The van der Waals surface area contributed by atoms with Crippen LogP contribution in [0.5, 0.6) is 0 Å². The van der Waals surface area contributed by atoms with Gasteiger partial charge in [0.2, 0.25) is 0 Å². The highest BCUT2D eigenvalue weighted by molar-refractivity contribution is 7.90. The van der Waals surface area contributed by atoms with E-state index in [1.54, 1.807) is 30.7 Å². The summed E-state index contributed by atoms with van der Waals surface area (Å²) in [4.78, 5) is 8.33. The van der Waals surface area contributed by atoms with Gasteiger partial charge in [0.1, 0.15) is 10.7 Å². The summed E-state index contributed by atoms with van der Waals surface area (Å²) in [5.41, 5.74) is 2.10. The Morgan fingerprint density at radius 2 is 2.05 bits per heavy atom. The van der Waals surface area contributed by atoms with E-state index in [-0.39, 0.29) is 4.90 Å². The van der Waals surface area contributed by atoms with Crippen LogP contribution in [0.15, 0.2) is 41.7 Å². The van der Waals surface area contributed by atoms with E-state index >= 15 is 0 Å². The van der Waals surface area contributed by atoms with Crippen molar-refractivity contribution in [1.82, 2.24) is 9.97 Å². The van der Waals surface area contributed by atoms with Crippen LogP contribution in [0.4, 0.5) is 5.82 Å². The van der Waals surface area contributed by atoms with Gasteiger partial charge >= 0.3 is 0 Å². The highest BCUT2D eigenvalue weighted by atomic mass is 32.2. The first-order valence-electron chi connectivity index (χ1n) is 5.77. The van der Waals surface area contributed by atoms with Crippen LogP contribution in [-0.2, 0) is 16.4 Å².